The Balaban J connectivity index is 1.35. The van der Waals surface area contributed by atoms with Crippen molar-refractivity contribution in [1.29, 1.82) is 0 Å². The van der Waals surface area contributed by atoms with Gasteiger partial charge in [-0.15, -0.1) is 11.8 Å². The molecule has 10 heteroatoms. The Kier molecular flexibility index (Phi) is 11.3. The van der Waals surface area contributed by atoms with Crippen molar-refractivity contribution in [2.24, 2.45) is 0 Å². The Hall–Kier alpha value is -6.13. The number of thioether (sulfide) groups is 1. The maximum Gasteiger partial charge on any atom is 0.335 e. The van der Waals surface area contributed by atoms with E-state index in [9.17, 15) is 24.3 Å². The Labute approximate surface area is 288 Å². The maximum absolute atomic E-state index is 13.6. The van der Waals surface area contributed by atoms with Gasteiger partial charge in [0.15, 0.2) is 0 Å². The van der Waals surface area contributed by atoms with Gasteiger partial charge in [0.1, 0.15) is 16.7 Å². The van der Waals surface area contributed by atoms with E-state index in [2.05, 4.69) is 16.0 Å². The molecule has 0 aliphatic rings. The summed E-state index contributed by atoms with van der Waals surface area (Å²) in [7, 11) is 1.55. The van der Waals surface area contributed by atoms with Crippen molar-refractivity contribution in [2.75, 3.05) is 17.7 Å². The summed E-state index contributed by atoms with van der Waals surface area (Å²) in [6.45, 7) is 1.79. The molecule has 1 unspecified atom stereocenters. The fraction of sp³-hybridized carbons (Fsp3) is 0.0769. The lowest BCUT2D eigenvalue weighted by Crippen LogP contribution is -2.30. The molecule has 246 valence electrons. The second-order valence-electron chi connectivity index (χ2n) is 10.9. The highest BCUT2D eigenvalue weighted by Crippen LogP contribution is 2.37. The normalized spacial score (nSPS) is 11.6. The van der Waals surface area contributed by atoms with Crippen molar-refractivity contribution >= 4 is 52.9 Å². The minimum atomic E-state index is -1.09. The van der Waals surface area contributed by atoms with Crippen LogP contribution in [0.4, 0.5) is 11.4 Å². The Morgan fingerprint density at radius 2 is 1.45 bits per heavy atom. The summed E-state index contributed by atoms with van der Waals surface area (Å²) < 4.78 is 5.31. The van der Waals surface area contributed by atoms with E-state index >= 15 is 0 Å². The number of carboxylic acids is 1. The highest BCUT2D eigenvalue weighted by atomic mass is 32.2. The molecular weight excluding hydrogens is 639 g/mol. The summed E-state index contributed by atoms with van der Waals surface area (Å²) in [5, 5.41) is 17.2. The highest BCUT2D eigenvalue weighted by molar-refractivity contribution is 8.00. The van der Waals surface area contributed by atoms with Crippen LogP contribution in [0.5, 0.6) is 5.75 Å². The number of carbonyl (C=O) groups is 4. The van der Waals surface area contributed by atoms with E-state index in [-0.39, 0.29) is 17.2 Å². The molecule has 0 fully saturated rings. The van der Waals surface area contributed by atoms with E-state index in [1.165, 1.54) is 23.9 Å². The van der Waals surface area contributed by atoms with Crippen LogP contribution in [-0.2, 0) is 9.59 Å². The van der Waals surface area contributed by atoms with Crippen LogP contribution in [0.3, 0.4) is 0 Å². The number of benzene rings is 5. The summed E-state index contributed by atoms with van der Waals surface area (Å²) in [5.74, 6) is -1.78. The summed E-state index contributed by atoms with van der Waals surface area (Å²) in [4.78, 5) is 52.4. The molecule has 1 atom stereocenters. The van der Waals surface area contributed by atoms with Gasteiger partial charge in [-0.1, -0.05) is 66.7 Å². The molecule has 0 aromatic heterocycles. The lowest BCUT2D eigenvalue weighted by molar-refractivity contribution is -0.116. The molecule has 5 aromatic rings. The molecule has 5 aromatic carbocycles. The van der Waals surface area contributed by atoms with Crippen LogP contribution in [0.2, 0.25) is 0 Å². The van der Waals surface area contributed by atoms with Gasteiger partial charge in [-0.05, 0) is 90.4 Å². The zero-order chi connectivity index (χ0) is 34.8. The first kappa shape index (κ1) is 34.2. The first-order valence-corrected chi connectivity index (χ1v) is 16.1. The smallest absolute Gasteiger partial charge is 0.335 e. The van der Waals surface area contributed by atoms with Crippen LogP contribution in [0.25, 0.3) is 6.08 Å². The number of methoxy groups -OCH3 is 1. The fourth-order valence-electron chi connectivity index (χ4n) is 4.78. The molecule has 0 aliphatic heterocycles. The van der Waals surface area contributed by atoms with Crippen LogP contribution in [-0.4, -0.2) is 35.9 Å². The van der Waals surface area contributed by atoms with Crippen molar-refractivity contribution < 1.29 is 29.0 Å². The third-order valence-corrected chi connectivity index (χ3v) is 8.65. The number of rotatable bonds is 12. The van der Waals surface area contributed by atoms with Gasteiger partial charge in [-0.2, -0.15) is 0 Å². The first-order valence-electron chi connectivity index (χ1n) is 15.2. The van der Waals surface area contributed by atoms with E-state index in [4.69, 9.17) is 4.74 Å². The number of hydrogen-bond acceptors (Lipinski definition) is 6. The molecule has 3 amide bonds. The third kappa shape index (κ3) is 9.24. The van der Waals surface area contributed by atoms with Crippen LogP contribution in [0.15, 0.2) is 138 Å². The predicted octanol–water partition coefficient (Wildman–Crippen LogP) is 7.58. The average molecular weight is 672 g/mol. The summed E-state index contributed by atoms with van der Waals surface area (Å²) in [5.41, 5.74) is 3.54. The number of anilines is 2. The van der Waals surface area contributed by atoms with Crippen LogP contribution < -0.4 is 20.7 Å². The standard InChI is InChI=1S/C39H33N3O6S/c1-25-16-17-29(39(46)47)24-33(25)41-38(45)35(27-11-5-3-6-12-27)49-32-20-18-30(19-21-32)40-37(44)34(23-26-10-9-15-31(22-26)48-2)42-36(43)28-13-7-4-8-14-28/h3-24,35H,1-2H3,(H,40,44)(H,41,45)(H,42,43)(H,46,47)/b34-23-. The van der Waals surface area contributed by atoms with Crippen LogP contribution in [0, 0.1) is 6.92 Å². The number of ether oxygens (including phenoxy) is 1. The van der Waals surface area contributed by atoms with Gasteiger partial charge in [0, 0.05) is 21.8 Å². The number of aryl methyl sites for hydroxylation is 1. The topological polar surface area (TPSA) is 134 Å². The zero-order valence-corrected chi connectivity index (χ0v) is 27.5. The number of aromatic carboxylic acids is 1. The SMILES string of the molecule is COc1cccc(/C=C(\NC(=O)c2ccccc2)C(=O)Nc2ccc(SC(C(=O)Nc3cc(C(=O)O)ccc3C)c3ccccc3)cc2)c1. The van der Waals surface area contributed by atoms with Gasteiger partial charge in [-0.25, -0.2) is 4.79 Å². The molecule has 5 rings (SSSR count). The van der Waals surface area contributed by atoms with E-state index in [0.29, 0.717) is 28.3 Å². The van der Waals surface area contributed by atoms with Gasteiger partial charge < -0.3 is 25.8 Å². The maximum atomic E-state index is 13.6. The number of amides is 3. The molecule has 0 saturated heterocycles. The Bertz CT molecular complexity index is 2000. The van der Waals surface area contributed by atoms with Crippen molar-refractivity contribution in [3.05, 3.63) is 161 Å². The summed E-state index contributed by atoms with van der Waals surface area (Å²) >= 11 is 1.31. The summed E-state index contributed by atoms with van der Waals surface area (Å²) in [6.07, 6.45) is 1.57. The average Bonchev–Trinajstić information content (AvgIpc) is 3.12. The van der Waals surface area contributed by atoms with E-state index < -0.39 is 23.0 Å². The van der Waals surface area contributed by atoms with Gasteiger partial charge in [0.2, 0.25) is 5.91 Å². The lowest BCUT2D eigenvalue weighted by Gasteiger charge is -2.18. The lowest BCUT2D eigenvalue weighted by atomic mass is 10.1. The Morgan fingerprint density at radius 1 is 0.755 bits per heavy atom. The molecule has 0 spiro atoms. The van der Waals surface area contributed by atoms with Crippen LogP contribution >= 0.6 is 11.8 Å². The number of carbonyl (C=O) groups excluding carboxylic acids is 3. The molecule has 0 bridgehead atoms. The van der Waals surface area contributed by atoms with Gasteiger partial charge >= 0.3 is 5.97 Å². The highest BCUT2D eigenvalue weighted by Gasteiger charge is 2.23. The minimum Gasteiger partial charge on any atom is -0.497 e. The minimum absolute atomic E-state index is 0.0311. The molecule has 49 heavy (non-hydrogen) atoms. The first-order chi connectivity index (χ1) is 23.7. The molecule has 0 saturated carbocycles. The van der Waals surface area contributed by atoms with E-state index in [1.807, 2.05) is 30.3 Å². The molecule has 0 aliphatic carbocycles. The van der Waals surface area contributed by atoms with Crippen molar-refractivity contribution in [3.8, 4) is 5.75 Å². The molecule has 0 radical (unpaired) electrons. The number of hydrogen-bond donors (Lipinski definition) is 4. The van der Waals surface area contributed by atoms with Gasteiger partial charge in [0.05, 0.1) is 12.7 Å². The second-order valence-corrected chi connectivity index (χ2v) is 12.0. The number of nitrogens with one attached hydrogen (secondary N) is 3. The van der Waals surface area contributed by atoms with Gasteiger partial charge in [-0.3, -0.25) is 14.4 Å². The molecule has 4 N–H and O–H groups in total. The Morgan fingerprint density at radius 3 is 2.12 bits per heavy atom. The molecule has 9 nitrogen and oxygen atoms in total. The molecule has 0 heterocycles. The van der Waals surface area contributed by atoms with Gasteiger partial charge in [0.25, 0.3) is 11.8 Å². The quantitative estimate of drug-likeness (QED) is 0.0794. The van der Waals surface area contributed by atoms with Crippen molar-refractivity contribution in [3.63, 3.8) is 0 Å². The van der Waals surface area contributed by atoms with Crippen molar-refractivity contribution in [1.82, 2.24) is 5.32 Å². The predicted molar refractivity (Wildman–Crippen MR) is 192 cm³/mol. The van der Waals surface area contributed by atoms with Crippen LogP contribution in [0.1, 0.15) is 42.7 Å². The monoisotopic (exact) mass is 671 g/mol. The van der Waals surface area contributed by atoms with Crippen molar-refractivity contribution in [2.45, 2.75) is 17.1 Å². The fourth-order valence-corrected chi connectivity index (χ4v) is 5.81. The largest absolute Gasteiger partial charge is 0.497 e. The number of carboxylic acid groups (broad SMARTS) is 1. The zero-order valence-electron chi connectivity index (χ0n) is 26.7. The van der Waals surface area contributed by atoms with E-state index in [0.717, 1.165) is 16.0 Å². The molecular formula is C39H33N3O6S. The second kappa shape index (κ2) is 16.1. The summed E-state index contributed by atoms with van der Waals surface area (Å²) in [6, 6.07) is 36.5. The third-order valence-electron chi connectivity index (χ3n) is 7.38. The van der Waals surface area contributed by atoms with E-state index in [1.54, 1.807) is 105 Å².